The van der Waals surface area contributed by atoms with Crippen LogP contribution in [0.15, 0.2) is 66.3 Å². The standard InChI is InChI=1S/C38H56O10/c1-9-32(45-8)27(5)22-31(41)36(48-37(43)29-16-11-10-12-17-29)25(3)15-13-14-24(2)35-26(4)18-19-33(46-28(6)39)38(7,44)21-20-30(40)23-34(42)47-35/h10-19,25-27,30-33,35-36,40-41,44H,9,20-23H2,1-8H3/b15-13+,19-18+,24-14+. The number of hydrogen-bond donors (Lipinski definition) is 3. The first kappa shape index (κ1) is 40.9. The number of ether oxygens (including phenoxy) is 4. The lowest BCUT2D eigenvalue weighted by atomic mass is 9.88. The second kappa shape index (κ2) is 19.6. The molecule has 0 bridgehead atoms. The number of esters is 3. The lowest BCUT2D eigenvalue weighted by Gasteiger charge is -2.32. The second-order valence-corrected chi connectivity index (χ2v) is 13.3. The fourth-order valence-corrected chi connectivity index (χ4v) is 5.99. The lowest BCUT2D eigenvalue weighted by molar-refractivity contribution is -0.157. The summed E-state index contributed by atoms with van der Waals surface area (Å²) in [6.45, 7) is 12.3. The number of methoxy groups -OCH3 is 1. The molecule has 1 heterocycles. The van der Waals surface area contributed by atoms with E-state index in [0.717, 1.165) is 6.42 Å². The van der Waals surface area contributed by atoms with Gasteiger partial charge >= 0.3 is 17.9 Å². The van der Waals surface area contributed by atoms with Gasteiger partial charge in [-0.3, -0.25) is 9.59 Å². The third-order valence-electron chi connectivity index (χ3n) is 8.94. The molecule has 0 aliphatic carbocycles. The number of aliphatic hydroxyl groups excluding tert-OH is 2. The van der Waals surface area contributed by atoms with Gasteiger partial charge in [0.2, 0.25) is 0 Å². The summed E-state index contributed by atoms with van der Waals surface area (Å²) in [6, 6.07) is 8.62. The van der Waals surface area contributed by atoms with Crippen LogP contribution >= 0.6 is 0 Å². The summed E-state index contributed by atoms with van der Waals surface area (Å²) in [5.74, 6) is -2.45. The van der Waals surface area contributed by atoms with Crippen LogP contribution in [-0.4, -0.2) is 82.6 Å². The number of carbonyl (C=O) groups excluding carboxylic acids is 3. The fourth-order valence-electron chi connectivity index (χ4n) is 5.99. The van der Waals surface area contributed by atoms with Crippen molar-refractivity contribution in [2.24, 2.45) is 17.8 Å². The Balaban J connectivity index is 2.36. The normalized spacial score (nSPS) is 28.1. The number of benzene rings is 1. The van der Waals surface area contributed by atoms with Crippen molar-refractivity contribution in [1.29, 1.82) is 0 Å². The maximum absolute atomic E-state index is 13.0. The summed E-state index contributed by atoms with van der Waals surface area (Å²) in [4.78, 5) is 37.7. The van der Waals surface area contributed by atoms with Gasteiger partial charge in [-0.05, 0) is 69.2 Å². The van der Waals surface area contributed by atoms with E-state index in [-0.39, 0.29) is 31.3 Å². The molecule has 0 aromatic heterocycles. The smallest absolute Gasteiger partial charge is 0.338 e. The molecule has 0 spiro atoms. The summed E-state index contributed by atoms with van der Waals surface area (Å²) < 4.78 is 22.7. The van der Waals surface area contributed by atoms with E-state index >= 15 is 0 Å². The van der Waals surface area contributed by atoms with Gasteiger partial charge in [0.1, 0.15) is 23.9 Å². The molecule has 3 N–H and O–H groups in total. The molecular weight excluding hydrogens is 616 g/mol. The van der Waals surface area contributed by atoms with Crippen LogP contribution in [-0.2, 0) is 28.5 Å². The fraction of sp³-hybridized carbons (Fsp3) is 0.605. The summed E-state index contributed by atoms with van der Waals surface area (Å²) in [7, 11) is 1.64. The van der Waals surface area contributed by atoms with Gasteiger partial charge in [0.15, 0.2) is 0 Å². The van der Waals surface area contributed by atoms with Gasteiger partial charge in [0.25, 0.3) is 0 Å². The van der Waals surface area contributed by atoms with Gasteiger partial charge in [-0.2, -0.15) is 0 Å². The molecule has 10 heteroatoms. The third kappa shape index (κ3) is 13.0. The molecule has 0 saturated heterocycles. The Labute approximate surface area is 285 Å². The summed E-state index contributed by atoms with van der Waals surface area (Å²) in [5.41, 5.74) is -0.397. The zero-order valence-corrected chi connectivity index (χ0v) is 29.7. The largest absolute Gasteiger partial charge is 0.457 e. The van der Waals surface area contributed by atoms with Gasteiger partial charge in [0.05, 0.1) is 30.3 Å². The van der Waals surface area contributed by atoms with Crippen LogP contribution in [0, 0.1) is 17.8 Å². The molecule has 0 amide bonds. The molecule has 10 atom stereocenters. The van der Waals surface area contributed by atoms with Crippen molar-refractivity contribution >= 4 is 17.9 Å². The van der Waals surface area contributed by atoms with Crippen LogP contribution in [0.1, 0.15) is 90.9 Å². The molecule has 1 aromatic rings. The molecule has 0 saturated carbocycles. The summed E-state index contributed by atoms with van der Waals surface area (Å²) >= 11 is 0. The van der Waals surface area contributed by atoms with Crippen LogP contribution in [0.4, 0.5) is 0 Å². The Morgan fingerprint density at radius 3 is 2.42 bits per heavy atom. The highest BCUT2D eigenvalue weighted by atomic mass is 16.6. The van der Waals surface area contributed by atoms with E-state index in [0.29, 0.717) is 17.6 Å². The molecular formula is C38H56O10. The first-order valence-electron chi connectivity index (χ1n) is 16.9. The van der Waals surface area contributed by atoms with E-state index < -0.39 is 65.9 Å². The molecule has 1 aliphatic rings. The first-order valence-corrected chi connectivity index (χ1v) is 16.9. The maximum atomic E-state index is 13.0. The third-order valence-corrected chi connectivity index (χ3v) is 8.94. The van der Waals surface area contributed by atoms with Crippen LogP contribution in [0.3, 0.4) is 0 Å². The summed E-state index contributed by atoms with van der Waals surface area (Å²) in [5, 5.41) is 32.9. The van der Waals surface area contributed by atoms with Crippen LogP contribution in [0.25, 0.3) is 0 Å². The average Bonchev–Trinajstić information content (AvgIpc) is 3.03. The highest BCUT2D eigenvalue weighted by Crippen LogP contribution is 2.28. The number of allylic oxidation sites excluding steroid dienone is 2. The zero-order chi connectivity index (χ0) is 36.0. The Hall–Kier alpha value is -3.31. The molecule has 2 rings (SSSR count). The topological polar surface area (TPSA) is 149 Å². The molecule has 1 aromatic carbocycles. The summed E-state index contributed by atoms with van der Waals surface area (Å²) in [6.07, 6.45) is 5.17. The minimum Gasteiger partial charge on any atom is -0.457 e. The van der Waals surface area contributed by atoms with Gasteiger partial charge in [-0.1, -0.05) is 70.2 Å². The molecule has 10 unspecified atom stereocenters. The second-order valence-electron chi connectivity index (χ2n) is 13.3. The molecule has 1 aliphatic heterocycles. The van der Waals surface area contributed by atoms with Gasteiger partial charge in [-0.25, -0.2) is 4.79 Å². The number of rotatable bonds is 13. The first-order chi connectivity index (χ1) is 22.6. The predicted molar refractivity (Wildman–Crippen MR) is 183 cm³/mol. The predicted octanol–water partition coefficient (Wildman–Crippen LogP) is 5.49. The van der Waals surface area contributed by atoms with Gasteiger partial charge in [-0.15, -0.1) is 0 Å². The molecule has 48 heavy (non-hydrogen) atoms. The van der Waals surface area contributed by atoms with Crippen molar-refractivity contribution in [1.82, 2.24) is 0 Å². The van der Waals surface area contributed by atoms with E-state index in [2.05, 4.69) is 0 Å². The minimum absolute atomic E-state index is 0.0132. The van der Waals surface area contributed by atoms with E-state index in [1.165, 1.54) is 13.8 Å². The average molecular weight is 673 g/mol. The van der Waals surface area contributed by atoms with E-state index in [9.17, 15) is 29.7 Å². The van der Waals surface area contributed by atoms with Crippen molar-refractivity contribution in [2.75, 3.05) is 7.11 Å². The molecule has 268 valence electrons. The molecule has 10 nitrogen and oxygen atoms in total. The van der Waals surface area contributed by atoms with Crippen molar-refractivity contribution < 1.29 is 48.7 Å². The Morgan fingerprint density at radius 2 is 1.81 bits per heavy atom. The highest BCUT2D eigenvalue weighted by molar-refractivity contribution is 5.89. The maximum Gasteiger partial charge on any atom is 0.338 e. The molecule has 0 radical (unpaired) electrons. The zero-order valence-electron chi connectivity index (χ0n) is 29.7. The van der Waals surface area contributed by atoms with Crippen LogP contribution in [0.5, 0.6) is 0 Å². The van der Waals surface area contributed by atoms with Crippen molar-refractivity contribution in [3.05, 3.63) is 71.8 Å². The van der Waals surface area contributed by atoms with Crippen molar-refractivity contribution in [2.45, 2.75) is 123 Å². The Morgan fingerprint density at radius 1 is 1.15 bits per heavy atom. The van der Waals surface area contributed by atoms with Gasteiger partial charge < -0.3 is 34.3 Å². The van der Waals surface area contributed by atoms with Crippen molar-refractivity contribution in [3.63, 3.8) is 0 Å². The van der Waals surface area contributed by atoms with Gasteiger partial charge in [0, 0.05) is 25.9 Å². The number of aliphatic hydroxyl groups is 3. The highest BCUT2D eigenvalue weighted by Gasteiger charge is 2.35. The van der Waals surface area contributed by atoms with Crippen LogP contribution in [0.2, 0.25) is 0 Å². The number of carbonyl (C=O) groups is 3. The van der Waals surface area contributed by atoms with Crippen LogP contribution < -0.4 is 0 Å². The monoisotopic (exact) mass is 672 g/mol. The quantitative estimate of drug-likeness (QED) is 0.106. The Kier molecular flexibility index (Phi) is 16.7. The van der Waals surface area contributed by atoms with E-state index in [4.69, 9.17) is 18.9 Å². The Bertz CT molecular complexity index is 1250. The molecule has 0 fully saturated rings. The number of cyclic esters (lactones) is 1. The van der Waals surface area contributed by atoms with Crippen molar-refractivity contribution in [3.8, 4) is 0 Å². The lowest BCUT2D eigenvalue weighted by Crippen LogP contribution is -2.42. The SMILES string of the molecule is CCC(OC)C(C)CC(O)C(OC(=O)c1ccccc1)C(C)/C=C/C=C(\C)C1OC(=O)CC(O)CCC(C)(O)C(OC(C)=O)/C=C/C1C. The van der Waals surface area contributed by atoms with E-state index in [1.54, 1.807) is 68.7 Å². The minimum atomic E-state index is -1.46. The van der Waals surface area contributed by atoms with E-state index in [1.807, 2.05) is 33.8 Å². The number of hydrogen-bond acceptors (Lipinski definition) is 10.